The summed E-state index contributed by atoms with van der Waals surface area (Å²) < 4.78 is 47.7. The second-order valence-electron chi connectivity index (χ2n) is 8.61. The molecule has 0 radical (unpaired) electrons. The van der Waals surface area contributed by atoms with Crippen LogP contribution in [0, 0.1) is 12.7 Å². The summed E-state index contributed by atoms with van der Waals surface area (Å²) in [5.41, 5.74) is 2.97. The van der Waals surface area contributed by atoms with Crippen LogP contribution in [0.4, 0.5) is 10.1 Å². The molecule has 0 saturated carbocycles. The lowest BCUT2D eigenvalue weighted by molar-refractivity contribution is 0.0935. The van der Waals surface area contributed by atoms with Crippen LogP contribution in [0.5, 0.6) is 5.75 Å². The average Bonchev–Trinajstić information content (AvgIpc) is 2.86. The number of carbonyl (C=O) groups is 1. The molecule has 0 aliphatic carbocycles. The third kappa shape index (κ3) is 6.03. The Kier molecular flexibility index (Phi) is 8.70. The molecule has 36 heavy (non-hydrogen) atoms. The predicted molar refractivity (Wildman–Crippen MR) is 140 cm³/mol. The van der Waals surface area contributed by atoms with E-state index in [1.807, 2.05) is 32.0 Å². The molecule has 3 aromatic rings. The third-order valence-electron chi connectivity index (χ3n) is 5.94. The number of nitrogens with zero attached hydrogens (tertiary/aromatic N) is 2. The van der Waals surface area contributed by atoms with Gasteiger partial charge in [0, 0.05) is 19.7 Å². The molecule has 7 nitrogen and oxygen atoms in total. The van der Waals surface area contributed by atoms with Gasteiger partial charge in [-0.25, -0.2) is 4.39 Å². The number of rotatable bonds is 10. The molecule has 0 bridgehead atoms. The lowest BCUT2D eigenvalue weighted by Crippen LogP contribution is -2.40. The summed E-state index contributed by atoms with van der Waals surface area (Å²) in [5, 5.41) is 3.05. The van der Waals surface area contributed by atoms with E-state index in [0.29, 0.717) is 17.5 Å². The highest BCUT2D eigenvalue weighted by Crippen LogP contribution is 2.26. The molecule has 0 saturated heterocycles. The van der Waals surface area contributed by atoms with Crippen molar-refractivity contribution >= 4 is 21.8 Å². The fourth-order valence-electron chi connectivity index (χ4n) is 3.85. The highest BCUT2D eigenvalue weighted by molar-refractivity contribution is 7.90. The Labute approximate surface area is 212 Å². The Morgan fingerprint density at radius 3 is 2.28 bits per heavy atom. The number of benzene rings is 3. The summed E-state index contributed by atoms with van der Waals surface area (Å²) in [7, 11) is 0.450. The standard InChI is InChI=1S/C27H32FN3O4S/c1-6-24(22-15-16-26(35-5)19(2)17-22)29-27(32)21-13-11-20(12-14-21)18-31(36(33,34)30(3)4)25-10-8-7-9-23(25)28/h7-17,24H,6,18H2,1-5H3,(H,29,32)/t24-/m0/s1. The summed E-state index contributed by atoms with van der Waals surface area (Å²) in [6, 6.07) is 18.0. The van der Waals surface area contributed by atoms with Gasteiger partial charge in [-0.05, 0) is 60.4 Å². The Balaban J connectivity index is 1.80. The maximum absolute atomic E-state index is 14.5. The molecular formula is C27H32FN3O4S. The van der Waals surface area contributed by atoms with Gasteiger partial charge in [0.15, 0.2) is 0 Å². The Morgan fingerprint density at radius 2 is 1.72 bits per heavy atom. The van der Waals surface area contributed by atoms with Gasteiger partial charge in [-0.2, -0.15) is 12.7 Å². The predicted octanol–water partition coefficient (Wildman–Crippen LogP) is 4.84. The Bertz CT molecular complexity index is 1310. The molecule has 1 amide bonds. The lowest BCUT2D eigenvalue weighted by Gasteiger charge is -2.27. The molecule has 1 N–H and O–H groups in total. The van der Waals surface area contributed by atoms with Gasteiger partial charge in [-0.3, -0.25) is 9.10 Å². The molecule has 3 rings (SSSR count). The van der Waals surface area contributed by atoms with Crippen LogP contribution in [-0.2, 0) is 16.8 Å². The van der Waals surface area contributed by atoms with E-state index in [0.717, 1.165) is 25.5 Å². The number of ether oxygens (including phenoxy) is 1. The van der Waals surface area contributed by atoms with E-state index in [2.05, 4.69) is 5.32 Å². The van der Waals surface area contributed by atoms with Crippen LogP contribution >= 0.6 is 0 Å². The fraction of sp³-hybridized carbons (Fsp3) is 0.296. The van der Waals surface area contributed by atoms with Crippen molar-refractivity contribution in [3.8, 4) is 5.75 Å². The van der Waals surface area contributed by atoms with Gasteiger partial charge in [-0.1, -0.05) is 43.3 Å². The summed E-state index contributed by atoms with van der Waals surface area (Å²) in [4.78, 5) is 12.9. The number of amides is 1. The van der Waals surface area contributed by atoms with Crippen LogP contribution in [0.2, 0.25) is 0 Å². The zero-order valence-corrected chi connectivity index (χ0v) is 22.0. The molecular weight excluding hydrogens is 481 g/mol. The molecule has 0 aliphatic rings. The molecule has 0 spiro atoms. The molecule has 0 aliphatic heterocycles. The number of halogens is 1. The van der Waals surface area contributed by atoms with Gasteiger partial charge in [0.2, 0.25) is 0 Å². The quantitative estimate of drug-likeness (QED) is 0.421. The summed E-state index contributed by atoms with van der Waals surface area (Å²) in [6.45, 7) is 3.86. The SMILES string of the molecule is CC[C@H](NC(=O)c1ccc(CN(c2ccccc2F)S(=O)(=O)N(C)C)cc1)c1ccc(OC)c(C)c1. The molecule has 0 heterocycles. The minimum atomic E-state index is -3.96. The van der Waals surface area contributed by atoms with Crippen LogP contribution in [0.1, 0.15) is 46.4 Å². The number of carbonyl (C=O) groups excluding carboxylic acids is 1. The first-order valence-electron chi connectivity index (χ1n) is 11.6. The smallest absolute Gasteiger partial charge is 0.303 e. The number of anilines is 1. The van der Waals surface area contributed by atoms with Gasteiger partial charge in [0.05, 0.1) is 25.4 Å². The van der Waals surface area contributed by atoms with Crippen molar-refractivity contribution in [1.29, 1.82) is 0 Å². The van der Waals surface area contributed by atoms with E-state index in [1.54, 1.807) is 37.4 Å². The molecule has 0 aromatic heterocycles. The molecule has 3 aromatic carbocycles. The van der Waals surface area contributed by atoms with Gasteiger partial charge in [0.1, 0.15) is 11.6 Å². The Hall–Kier alpha value is -3.43. The number of hydrogen-bond donors (Lipinski definition) is 1. The third-order valence-corrected chi connectivity index (χ3v) is 7.74. The van der Waals surface area contributed by atoms with Gasteiger partial charge in [-0.15, -0.1) is 0 Å². The first-order chi connectivity index (χ1) is 17.1. The van der Waals surface area contributed by atoms with E-state index >= 15 is 0 Å². The lowest BCUT2D eigenvalue weighted by atomic mass is 10.0. The molecule has 192 valence electrons. The van der Waals surface area contributed by atoms with Crippen LogP contribution in [0.15, 0.2) is 66.7 Å². The van der Waals surface area contributed by atoms with E-state index in [1.165, 1.54) is 32.3 Å². The highest BCUT2D eigenvalue weighted by atomic mass is 32.2. The zero-order valence-electron chi connectivity index (χ0n) is 21.2. The minimum absolute atomic E-state index is 0.0476. The van der Waals surface area contributed by atoms with Crippen molar-refractivity contribution in [2.45, 2.75) is 32.9 Å². The van der Waals surface area contributed by atoms with Crippen molar-refractivity contribution in [3.05, 3.63) is 94.8 Å². The number of para-hydroxylation sites is 1. The van der Waals surface area contributed by atoms with Crippen LogP contribution in [-0.4, -0.2) is 39.8 Å². The number of nitrogens with one attached hydrogen (secondary N) is 1. The monoisotopic (exact) mass is 513 g/mol. The highest BCUT2D eigenvalue weighted by Gasteiger charge is 2.27. The fourth-order valence-corrected chi connectivity index (χ4v) is 4.95. The maximum atomic E-state index is 14.5. The van der Waals surface area contributed by atoms with E-state index in [-0.39, 0.29) is 24.2 Å². The number of methoxy groups -OCH3 is 1. The van der Waals surface area contributed by atoms with Crippen LogP contribution in [0.25, 0.3) is 0 Å². The molecule has 0 fully saturated rings. The number of hydrogen-bond acceptors (Lipinski definition) is 4. The van der Waals surface area contributed by atoms with Crippen LogP contribution < -0.4 is 14.4 Å². The van der Waals surface area contributed by atoms with E-state index < -0.39 is 16.0 Å². The van der Waals surface area contributed by atoms with Crippen molar-refractivity contribution in [3.63, 3.8) is 0 Å². The second kappa shape index (κ2) is 11.5. The van der Waals surface area contributed by atoms with Crippen molar-refractivity contribution in [2.24, 2.45) is 0 Å². The van der Waals surface area contributed by atoms with E-state index in [4.69, 9.17) is 4.74 Å². The molecule has 9 heteroatoms. The van der Waals surface area contributed by atoms with Gasteiger partial charge < -0.3 is 10.1 Å². The topological polar surface area (TPSA) is 79.0 Å². The minimum Gasteiger partial charge on any atom is -0.496 e. The first kappa shape index (κ1) is 27.2. The van der Waals surface area contributed by atoms with Crippen molar-refractivity contribution < 1.29 is 22.3 Å². The first-order valence-corrected chi connectivity index (χ1v) is 13.0. The summed E-state index contributed by atoms with van der Waals surface area (Å²) in [5.74, 6) is -0.0942. The molecule has 0 unspecified atom stereocenters. The Morgan fingerprint density at radius 1 is 1.06 bits per heavy atom. The largest absolute Gasteiger partial charge is 0.496 e. The number of aryl methyl sites for hydroxylation is 1. The van der Waals surface area contributed by atoms with Gasteiger partial charge in [0.25, 0.3) is 5.91 Å². The normalized spacial score (nSPS) is 12.3. The van der Waals surface area contributed by atoms with E-state index in [9.17, 15) is 17.6 Å². The van der Waals surface area contributed by atoms with Gasteiger partial charge >= 0.3 is 10.2 Å². The van der Waals surface area contributed by atoms with Crippen LogP contribution in [0.3, 0.4) is 0 Å². The van der Waals surface area contributed by atoms with Crippen molar-refractivity contribution in [1.82, 2.24) is 9.62 Å². The summed E-state index contributed by atoms with van der Waals surface area (Å²) in [6.07, 6.45) is 0.704. The average molecular weight is 514 g/mol. The van der Waals surface area contributed by atoms with Crippen molar-refractivity contribution in [2.75, 3.05) is 25.5 Å². The summed E-state index contributed by atoms with van der Waals surface area (Å²) >= 11 is 0. The zero-order chi connectivity index (χ0) is 26.5. The second-order valence-corrected chi connectivity index (χ2v) is 10.7. The maximum Gasteiger partial charge on any atom is 0.303 e. The molecule has 1 atom stereocenters.